The lowest BCUT2D eigenvalue weighted by atomic mass is 9.65. The van der Waals surface area contributed by atoms with Crippen LogP contribution in [-0.4, -0.2) is 17.1 Å². The highest BCUT2D eigenvalue weighted by molar-refractivity contribution is 5.48. The lowest BCUT2D eigenvalue weighted by Crippen LogP contribution is -2.60. The Hall–Kier alpha value is -1.62. The SMILES string of the molecule is Cc1ccc([N+](=O)[O-])c(OC2CC(N)C2(C)C)c1. The Balaban J connectivity index is 2.24. The molecule has 1 saturated carbocycles. The van der Waals surface area contributed by atoms with Crippen LogP contribution in [-0.2, 0) is 0 Å². The van der Waals surface area contributed by atoms with E-state index < -0.39 is 4.92 Å². The summed E-state index contributed by atoms with van der Waals surface area (Å²) in [5.41, 5.74) is 6.73. The van der Waals surface area contributed by atoms with Gasteiger partial charge in [-0.1, -0.05) is 19.9 Å². The van der Waals surface area contributed by atoms with Gasteiger partial charge in [-0.05, 0) is 18.6 Å². The molecular weight excluding hydrogens is 232 g/mol. The molecular formula is C13H18N2O3. The minimum Gasteiger partial charge on any atom is -0.483 e. The summed E-state index contributed by atoms with van der Waals surface area (Å²) in [6.45, 7) is 5.93. The summed E-state index contributed by atoms with van der Waals surface area (Å²) in [5.74, 6) is 0.338. The highest BCUT2D eigenvalue weighted by Crippen LogP contribution is 2.43. The lowest BCUT2D eigenvalue weighted by Gasteiger charge is -2.49. The van der Waals surface area contributed by atoms with Crippen LogP contribution in [0, 0.1) is 22.5 Å². The van der Waals surface area contributed by atoms with E-state index in [-0.39, 0.29) is 23.2 Å². The van der Waals surface area contributed by atoms with Crippen molar-refractivity contribution in [2.24, 2.45) is 11.1 Å². The second-order valence-corrected chi connectivity index (χ2v) is 5.50. The zero-order valence-electron chi connectivity index (χ0n) is 10.8. The molecule has 0 spiro atoms. The third-order valence-corrected chi connectivity index (χ3v) is 3.83. The Morgan fingerprint density at radius 3 is 2.67 bits per heavy atom. The summed E-state index contributed by atoms with van der Waals surface area (Å²) < 4.78 is 5.79. The maximum atomic E-state index is 10.9. The molecule has 0 saturated heterocycles. The molecule has 0 aromatic heterocycles. The number of benzene rings is 1. The minimum atomic E-state index is -0.416. The van der Waals surface area contributed by atoms with E-state index >= 15 is 0 Å². The molecule has 0 amide bonds. The van der Waals surface area contributed by atoms with Crippen molar-refractivity contribution in [3.05, 3.63) is 33.9 Å². The van der Waals surface area contributed by atoms with E-state index in [0.717, 1.165) is 12.0 Å². The molecule has 1 aliphatic rings. The van der Waals surface area contributed by atoms with Crippen molar-refractivity contribution in [2.45, 2.75) is 39.3 Å². The summed E-state index contributed by atoms with van der Waals surface area (Å²) in [5, 5.41) is 10.9. The molecule has 0 aliphatic heterocycles. The van der Waals surface area contributed by atoms with E-state index in [9.17, 15) is 10.1 Å². The first kappa shape index (κ1) is 12.8. The maximum absolute atomic E-state index is 10.9. The molecule has 5 nitrogen and oxygen atoms in total. The van der Waals surface area contributed by atoms with Crippen molar-refractivity contribution in [3.63, 3.8) is 0 Å². The number of hydrogen-bond donors (Lipinski definition) is 1. The average Bonchev–Trinajstić information content (AvgIpc) is 2.28. The summed E-state index contributed by atoms with van der Waals surface area (Å²) in [4.78, 5) is 10.5. The van der Waals surface area contributed by atoms with Crippen molar-refractivity contribution < 1.29 is 9.66 Å². The van der Waals surface area contributed by atoms with E-state index in [4.69, 9.17) is 10.5 Å². The molecule has 98 valence electrons. The van der Waals surface area contributed by atoms with Crippen LogP contribution < -0.4 is 10.5 Å². The molecule has 1 aliphatic carbocycles. The van der Waals surface area contributed by atoms with E-state index in [1.807, 2.05) is 20.8 Å². The van der Waals surface area contributed by atoms with Crippen molar-refractivity contribution in [2.75, 3.05) is 0 Å². The summed E-state index contributed by atoms with van der Waals surface area (Å²) in [7, 11) is 0. The van der Waals surface area contributed by atoms with Crippen LogP contribution >= 0.6 is 0 Å². The molecule has 0 radical (unpaired) electrons. The third kappa shape index (κ3) is 2.06. The lowest BCUT2D eigenvalue weighted by molar-refractivity contribution is -0.386. The molecule has 5 heteroatoms. The van der Waals surface area contributed by atoms with Crippen molar-refractivity contribution in [3.8, 4) is 5.75 Å². The Morgan fingerprint density at radius 2 is 2.17 bits per heavy atom. The largest absolute Gasteiger partial charge is 0.483 e. The molecule has 2 unspecified atom stereocenters. The van der Waals surface area contributed by atoms with Crippen LogP contribution in [0.4, 0.5) is 5.69 Å². The second-order valence-electron chi connectivity index (χ2n) is 5.50. The first-order valence-electron chi connectivity index (χ1n) is 5.99. The number of hydrogen-bond acceptors (Lipinski definition) is 4. The van der Waals surface area contributed by atoms with Gasteiger partial charge in [0.15, 0.2) is 5.75 Å². The second kappa shape index (κ2) is 4.24. The smallest absolute Gasteiger partial charge is 0.310 e. The van der Waals surface area contributed by atoms with Crippen LogP contribution in [0.5, 0.6) is 5.75 Å². The van der Waals surface area contributed by atoms with Gasteiger partial charge < -0.3 is 10.5 Å². The average molecular weight is 250 g/mol. The number of aryl methyl sites for hydroxylation is 1. The third-order valence-electron chi connectivity index (χ3n) is 3.83. The fourth-order valence-corrected chi connectivity index (χ4v) is 2.14. The number of nitrogens with zero attached hydrogens (tertiary/aromatic N) is 1. The monoisotopic (exact) mass is 250 g/mol. The van der Waals surface area contributed by atoms with Crippen molar-refractivity contribution in [1.29, 1.82) is 0 Å². The van der Waals surface area contributed by atoms with Crippen LogP contribution in [0.25, 0.3) is 0 Å². The Morgan fingerprint density at radius 1 is 1.50 bits per heavy atom. The molecule has 2 atom stereocenters. The van der Waals surface area contributed by atoms with Crippen LogP contribution in [0.2, 0.25) is 0 Å². The minimum absolute atomic E-state index is 0.0110. The number of nitro benzene ring substituents is 1. The molecule has 1 fully saturated rings. The predicted molar refractivity (Wildman–Crippen MR) is 68.6 cm³/mol. The molecule has 18 heavy (non-hydrogen) atoms. The topological polar surface area (TPSA) is 78.4 Å². The summed E-state index contributed by atoms with van der Waals surface area (Å²) in [6, 6.07) is 4.99. The fraction of sp³-hybridized carbons (Fsp3) is 0.538. The van der Waals surface area contributed by atoms with E-state index in [2.05, 4.69) is 0 Å². The Bertz CT molecular complexity index is 485. The van der Waals surface area contributed by atoms with E-state index in [0.29, 0.717) is 5.75 Å². The normalized spacial score (nSPS) is 25.3. The van der Waals surface area contributed by atoms with Gasteiger partial charge in [0.1, 0.15) is 6.10 Å². The highest BCUT2D eigenvalue weighted by Gasteiger charge is 2.48. The number of nitro groups is 1. The zero-order valence-corrected chi connectivity index (χ0v) is 10.8. The van der Waals surface area contributed by atoms with Gasteiger partial charge in [0, 0.05) is 23.9 Å². The molecule has 1 aromatic rings. The predicted octanol–water partition coefficient (Wildman–Crippen LogP) is 2.41. The van der Waals surface area contributed by atoms with Crippen molar-refractivity contribution >= 4 is 5.69 Å². The fourth-order valence-electron chi connectivity index (χ4n) is 2.14. The van der Waals surface area contributed by atoms with Gasteiger partial charge in [-0.25, -0.2) is 0 Å². The molecule has 0 bridgehead atoms. The van der Waals surface area contributed by atoms with E-state index in [1.54, 1.807) is 12.1 Å². The molecule has 1 aromatic carbocycles. The van der Waals surface area contributed by atoms with E-state index in [1.165, 1.54) is 6.07 Å². The molecule has 2 rings (SSSR count). The molecule has 0 heterocycles. The Labute approximate surface area is 106 Å². The van der Waals surface area contributed by atoms with Gasteiger partial charge in [-0.2, -0.15) is 0 Å². The first-order chi connectivity index (χ1) is 8.32. The summed E-state index contributed by atoms with van der Waals surface area (Å²) >= 11 is 0. The van der Waals surface area contributed by atoms with Gasteiger partial charge in [0.25, 0.3) is 0 Å². The zero-order chi connectivity index (χ0) is 13.5. The van der Waals surface area contributed by atoms with Gasteiger partial charge in [0.2, 0.25) is 0 Å². The number of rotatable bonds is 3. The number of nitrogens with two attached hydrogens (primary N) is 1. The molecule has 2 N–H and O–H groups in total. The quantitative estimate of drug-likeness (QED) is 0.660. The van der Waals surface area contributed by atoms with Crippen molar-refractivity contribution in [1.82, 2.24) is 0 Å². The number of ether oxygens (including phenoxy) is 1. The van der Waals surface area contributed by atoms with Gasteiger partial charge >= 0.3 is 5.69 Å². The first-order valence-corrected chi connectivity index (χ1v) is 5.99. The van der Waals surface area contributed by atoms with Crippen LogP contribution in [0.1, 0.15) is 25.8 Å². The van der Waals surface area contributed by atoms with Crippen LogP contribution in [0.3, 0.4) is 0 Å². The van der Waals surface area contributed by atoms with Gasteiger partial charge in [-0.3, -0.25) is 10.1 Å². The maximum Gasteiger partial charge on any atom is 0.310 e. The standard InChI is InChI=1S/C13H18N2O3/c1-8-4-5-9(15(16)17)10(6-8)18-12-7-11(14)13(12,2)3/h4-6,11-12H,7,14H2,1-3H3. The highest BCUT2D eigenvalue weighted by atomic mass is 16.6. The van der Waals surface area contributed by atoms with Crippen LogP contribution in [0.15, 0.2) is 18.2 Å². The Kier molecular flexibility index (Phi) is 3.02. The van der Waals surface area contributed by atoms with Gasteiger partial charge in [-0.15, -0.1) is 0 Å². The summed E-state index contributed by atoms with van der Waals surface area (Å²) in [6.07, 6.45) is 0.672. The van der Waals surface area contributed by atoms with Gasteiger partial charge in [0.05, 0.1) is 4.92 Å².